The second kappa shape index (κ2) is 2.95. The lowest BCUT2D eigenvalue weighted by atomic mass is 10.3. The normalized spacial score (nSPS) is 9.67. The molecular weight excluding hydrogens is 156 g/mol. The van der Waals surface area contributed by atoms with Crippen molar-refractivity contribution in [3.05, 3.63) is 24.8 Å². The van der Waals surface area contributed by atoms with Gasteiger partial charge in [0.25, 0.3) is 0 Å². The molecule has 0 saturated carbocycles. The van der Waals surface area contributed by atoms with Crippen LogP contribution in [0.1, 0.15) is 0 Å². The van der Waals surface area contributed by atoms with Crippen molar-refractivity contribution in [1.29, 1.82) is 0 Å². The van der Waals surface area contributed by atoms with E-state index < -0.39 is 0 Å². The highest BCUT2D eigenvalue weighted by atomic mass is 15.3. The number of rotatable bonds is 1. The summed E-state index contributed by atoms with van der Waals surface area (Å²) in [6.07, 6.45) is 5.38. The molecule has 0 aliphatic rings. The molecule has 0 aromatic carbocycles. The molecule has 12 heavy (non-hydrogen) atoms. The number of nitrogens with zero attached hydrogens (tertiary/aromatic N) is 6. The first-order valence-corrected chi connectivity index (χ1v) is 3.17. The van der Waals surface area contributed by atoms with Crippen molar-refractivity contribution in [2.24, 2.45) is 0 Å². The molecule has 1 radical (unpaired) electrons. The third kappa shape index (κ3) is 1.22. The van der Waals surface area contributed by atoms with Crippen LogP contribution in [-0.4, -0.2) is 30.6 Å². The molecule has 0 amide bonds. The molecular formula is C6H3N6. The molecule has 2 heterocycles. The largest absolute Gasteiger partial charge is 0.222 e. The Hall–Kier alpha value is -1.98. The lowest BCUT2D eigenvalue weighted by molar-refractivity contribution is 0.861. The fourth-order valence-electron chi connectivity index (χ4n) is 0.716. The molecule has 2 aromatic heterocycles. The van der Waals surface area contributed by atoms with Crippen LogP contribution in [0.25, 0.3) is 11.4 Å². The average molecular weight is 159 g/mol. The van der Waals surface area contributed by atoms with E-state index in [1.54, 1.807) is 6.07 Å². The summed E-state index contributed by atoms with van der Waals surface area (Å²) in [4.78, 5) is 3.82. The lowest BCUT2D eigenvalue weighted by Gasteiger charge is -1.92. The van der Waals surface area contributed by atoms with E-state index in [9.17, 15) is 0 Å². The Labute approximate surface area is 67.7 Å². The molecule has 57 valence electrons. The van der Waals surface area contributed by atoms with Crippen molar-refractivity contribution in [1.82, 2.24) is 30.6 Å². The van der Waals surface area contributed by atoms with E-state index in [2.05, 4.69) is 36.9 Å². The maximum Gasteiger partial charge on any atom is 0.222 e. The number of hydrogen-bond donors (Lipinski definition) is 0. The predicted octanol–water partition coefficient (Wildman–Crippen LogP) is -0.476. The van der Waals surface area contributed by atoms with Gasteiger partial charge in [-0.1, -0.05) is 0 Å². The fourth-order valence-corrected chi connectivity index (χ4v) is 0.716. The van der Waals surface area contributed by atoms with E-state index in [0.29, 0.717) is 11.4 Å². The van der Waals surface area contributed by atoms with E-state index in [-0.39, 0.29) is 0 Å². The number of aromatic nitrogens is 6. The van der Waals surface area contributed by atoms with Gasteiger partial charge in [0.2, 0.25) is 6.33 Å². The van der Waals surface area contributed by atoms with Crippen molar-refractivity contribution in [3.63, 3.8) is 0 Å². The Bertz CT molecular complexity index is 309. The third-order valence-electron chi connectivity index (χ3n) is 1.22. The molecule has 0 spiro atoms. The zero-order valence-corrected chi connectivity index (χ0v) is 5.92. The van der Waals surface area contributed by atoms with Crippen molar-refractivity contribution in [3.8, 4) is 11.4 Å². The molecule has 0 saturated heterocycles. The van der Waals surface area contributed by atoms with Gasteiger partial charge < -0.3 is 0 Å². The smallest absolute Gasteiger partial charge is 0.220 e. The van der Waals surface area contributed by atoms with Crippen molar-refractivity contribution in [2.45, 2.75) is 0 Å². The topological polar surface area (TPSA) is 77.3 Å². The van der Waals surface area contributed by atoms with Gasteiger partial charge in [0.1, 0.15) is 11.4 Å². The summed E-state index contributed by atoms with van der Waals surface area (Å²) in [5, 5.41) is 17.8. The Morgan fingerprint density at radius 3 is 2.83 bits per heavy atom. The molecule has 0 fully saturated rings. The van der Waals surface area contributed by atoms with Gasteiger partial charge in [-0.25, -0.2) is 4.98 Å². The zero-order chi connectivity index (χ0) is 8.23. The van der Waals surface area contributed by atoms with Crippen LogP contribution in [0.4, 0.5) is 0 Å². The minimum absolute atomic E-state index is 0.583. The summed E-state index contributed by atoms with van der Waals surface area (Å²) in [6.45, 7) is 0. The highest BCUT2D eigenvalue weighted by molar-refractivity contribution is 5.49. The first kappa shape index (κ1) is 6.71. The standard InChI is InChI=1S/C6H3N6/c1-2-8-12-11-5(1)6-3-9-10-4-7-6/h1-3H. The minimum atomic E-state index is 0.583. The fraction of sp³-hybridized carbons (Fsp3) is 0. The average Bonchev–Trinajstić information content (AvgIpc) is 2.21. The first-order chi connectivity index (χ1) is 5.97. The van der Waals surface area contributed by atoms with Gasteiger partial charge in [0.15, 0.2) is 0 Å². The quantitative estimate of drug-likeness (QED) is 0.559. The van der Waals surface area contributed by atoms with Gasteiger partial charge in [-0.05, 0) is 11.3 Å². The zero-order valence-electron chi connectivity index (χ0n) is 5.92. The van der Waals surface area contributed by atoms with Crippen molar-refractivity contribution >= 4 is 0 Å². The van der Waals surface area contributed by atoms with Crippen LogP contribution < -0.4 is 0 Å². The molecule has 0 aliphatic heterocycles. The second-order valence-electron chi connectivity index (χ2n) is 1.95. The third-order valence-corrected chi connectivity index (χ3v) is 1.22. The molecule has 2 rings (SSSR count). The van der Waals surface area contributed by atoms with Crippen LogP contribution in [0.3, 0.4) is 0 Å². The van der Waals surface area contributed by atoms with Crippen LogP contribution >= 0.6 is 0 Å². The lowest BCUT2D eigenvalue weighted by Crippen LogP contribution is -1.93. The van der Waals surface area contributed by atoms with E-state index >= 15 is 0 Å². The van der Waals surface area contributed by atoms with E-state index in [1.807, 2.05) is 0 Å². The van der Waals surface area contributed by atoms with E-state index in [1.165, 1.54) is 12.4 Å². The SMILES string of the molecule is [c]1nncc(-c2ccnnn2)n1. The Morgan fingerprint density at radius 1 is 1.17 bits per heavy atom. The predicted molar refractivity (Wildman–Crippen MR) is 37.5 cm³/mol. The van der Waals surface area contributed by atoms with Crippen molar-refractivity contribution in [2.75, 3.05) is 0 Å². The van der Waals surface area contributed by atoms with Gasteiger partial charge >= 0.3 is 0 Å². The monoisotopic (exact) mass is 159 g/mol. The minimum Gasteiger partial charge on any atom is -0.220 e. The number of hydrogen-bond acceptors (Lipinski definition) is 6. The van der Waals surface area contributed by atoms with Crippen molar-refractivity contribution < 1.29 is 0 Å². The Morgan fingerprint density at radius 2 is 2.17 bits per heavy atom. The van der Waals surface area contributed by atoms with Gasteiger partial charge in [-0.15, -0.1) is 15.3 Å². The highest BCUT2D eigenvalue weighted by Gasteiger charge is 1.99. The molecule has 0 aliphatic carbocycles. The van der Waals surface area contributed by atoms with Crippen LogP contribution in [0.15, 0.2) is 18.5 Å². The van der Waals surface area contributed by atoms with Gasteiger partial charge in [-0.2, -0.15) is 5.10 Å². The molecule has 0 atom stereocenters. The summed E-state index contributed by atoms with van der Waals surface area (Å²) in [5.74, 6) is 0. The summed E-state index contributed by atoms with van der Waals surface area (Å²) in [7, 11) is 0. The van der Waals surface area contributed by atoms with Gasteiger partial charge in [0, 0.05) is 0 Å². The maximum atomic E-state index is 3.82. The molecule has 0 bridgehead atoms. The highest BCUT2D eigenvalue weighted by Crippen LogP contribution is 2.07. The van der Waals surface area contributed by atoms with Crippen LogP contribution in [0, 0.1) is 6.33 Å². The molecule has 0 N–H and O–H groups in total. The Kier molecular flexibility index (Phi) is 1.65. The molecule has 6 heteroatoms. The van der Waals surface area contributed by atoms with Crippen LogP contribution in [0.5, 0.6) is 0 Å². The molecule has 2 aromatic rings. The summed E-state index contributed by atoms with van der Waals surface area (Å²) < 4.78 is 0. The second-order valence-corrected chi connectivity index (χ2v) is 1.95. The Balaban J connectivity index is 2.46. The van der Waals surface area contributed by atoms with Gasteiger partial charge in [0.05, 0.1) is 12.4 Å². The van der Waals surface area contributed by atoms with Crippen LogP contribution in [-0.2, 0) is 0 Å². The molecule has 0 unspecified atom stereocenters. The van der Waals surface area contributed by atoms with Gasteiger partial charge in [-0.3, -0.25) is 0 Å². The van der Waals surface area contributed by atoms with E-state index in [0.717, 1.165) is 0 Å². The summed E-state index contributed by atoms with van der Waals surface area (Å²) in [5.41, 5.74) is 1.19. The molecule has 6 nitrogen and oxygen atoms in total. The first-order valence-electron chi connectivity index (χ1n) is 3.17. The summed E-state index contributed by atoms with van der Waals surface area (Å²) >= 11 is 0. The van der Waals surface area contributed by atoms with Crippen LogP contribution in [0.2, 0.25) is 0 Å². The van der Waals surface area contributed by atoms with E-state index in [4.69, 9.17) is 0 Å². The summed E-state index contributed by atoms with van der Waals surface area (Å²) in [6, 6.07) is 1.69. The maximum absolute atomic E-state index is 3.82.